The average Bonchev–Trinajstić information content (AvgIpc) is 3.30. The summed E-state index contributed by atoms with van der Waals surface area (Å²) in [7, 11) is 0. The molecule has 8 heteroatoms. The predicted octanol–water partition coefficient (Wildman–Crippen LogP) is 1.92. The van der Waals surface area contributed by atoms with E-state index in [4.69, 9.17) is 4.42 Å². The SMILES string of the molecule is Cc1ccc(C(=O)NC2CC2)cc1NC(=O)NCC(=O)NCc1ccco1. The van der Waals surface area contributed by atoms with Crippen LogP contribution >= 0.6 is 0 Å². The van der Waals surface area contributed by atoms with Crippen LogP contribution in [0.15, 0.2) is 41.0 Å². The Balaban J connectivity index is 1.47. The highest BCUT2D eigenvalue weighted by atomic mass is 16.3. The van der Waals surface area contributed by atoms with E-state index in [1.54, 1.807) is 30.3 Å². The van der Waals surface area contributed by atoms with Crippen LogP contribution in [0.5, 0.6) is 0 Å². The summed E-state index contributed by atoms with van der Waals surface area (Å²) in [5.74, 6) is 0.138. The molecule has 1 aromatic heterocycles. The molecule has 1 fully saturated rings. The summed E-state index contributed by atoms with van der Waals surface area (Å²) >= 11 is 0. The van der Waals surface area contributed by atoms with Crippen LogP contribution in [0.1, 0.15) is 34.5 Å². The topological polar surface area (TPSA) is 112 Å². The number of hydrogen-bond donors (Lipinski definition) is 4. The zero-order chi connectivity index (χ0) is 19.2. The molecule has 27 heavy (non-hydrogen) atoms. The molecule has 4 N–H and O–H groups in total. The molecule has 0 saturated heterocycles. The van der Waals surface area contributed by atoms with Gasteiger partial charge in [0, 0.05) is 17.3 Å². The second kappa shape index (κ2) is 8.39. The van der Waals surface area contributed by atoms with Crippen LogP contribution < -0.4 is 21.3 Å². The van der Waals surface area contributed by atoms with Crippen molar-refractivity contribution in [2.24, 2.45) is 0 Å². The lowest BCUT2D eigenvalue weighted by molar-refractivity contribution is -0.120. The van der Waals surface area contributed by atoms with E-state index in [1.165, 1.54) is 6.26 Å². The van der Waals surface area contributed by atoms with Gasteiger partial charge >= 0.3 is 6.03 Å². The second-order valence-electron chi connectivity index (χ2n) is 6.44. The molecule has 0 aliphatic heterocycles. The van der Waals surface area contributed by atoms with Gasteiger partial charge in [-0.05, 0) is 49.6 Å². The lowest BCUT2D eigenvalue weighted by Crippen LogP contribution is -2.38. The fourth-order valence-electron chi connectivity index (χ4n) is 2.38. The Bertz CT molecular complexity index is 828. The first-order valence-corrected chi connectivity index (χ1v) is 8.76. The fourth-order valence-corrected chi connectivity index (χ4v) is 2.38. The highest BCUT2D eigenvalue weighted by Gasteiger charge is 2.24. The highest BCUT2D eigenvalue weighted by molar-refractivity contribution is 5.98. The molecule has 3 rings (SSSR count). The molecule has 0 atom stereocenters. The van der Waals surface area contributed by atoms with Crippen molar-refractivity contribution in [1.82, 2.24) is 16.0 Å². The maximum Gasteiger partial charge on any atom is 0.319 e. The first kappa shape index (κ1) is 18.5. The standard InChI is InChI=1S/C19H22N4O4/c1-12-4-5-13(18(25)22-14-6-7-14)9-16(12)23-19(26)21-11-17(24)20-10-15-3-2-8-27-15/h2-5,8-9,14H,6-7,10-11H2,1H3,(H,20,24)(H,22,25)(H2,21,23,26). The molecular weight excluding hydrogens is 348 g/mol. The number of nitrogens with one attached hydrogen (secondary N) is 4. The summed E-state index contributed by atoms with van der Waals surface area (Å²) < 4.78 is 5.11. The van der Waals surface area contributed by atoms with E-state index in [0.29, 0.717) is 17.0 Å². The number of aryl methyl sites for hydroxylation is 1. The normalized spacial score (nSPS) is 12.9. The van der Waals surface area contributed by atoms with Crippen molar-refractivity contribution < 1.29 is 18.8 Å². The summed E-state index contributed by atoms with van der Waals surface area (Å²) in [5, 5.41) is 10.7. The molecule has 1 heterocycles. The van der Waals surface area contributed by atoms with Crippen molar-refractivity contribution in [3.8, 4) is 0 Å². The minimum atomic E-state index is -0.522. The molecule has 1 saturated carbocycles. The number of carbonyl (C=O) groups is 3. The summed E-state index contributed by atoms with van der Waals surface area (Å²) in [5.41, 5.74) is 1.82. The first-order valence-electron chi connectivity index (χ1n) is 8.76. The minimum absolute atomic E-state index is 0.154. The predicted molar refractivity (Wildman–Crippen MR) is 99.2 cm³/mol. The Labute approximate surface area is 156 Å². The Kier molecular flexibility index (Phi) is 5.75. The van der Waals surface area contributed by atoms with E-state index in [-0.39, 0.29) is 30.9 Å². The number of carbonyl (C=O) groups excluding carboxylic acids is 3. The number of benzene rings is 1. The number of amides is 4. The number of hydrogen-bond acceptors (Lipinski definition) is 4. The quantitative estimate of drug-likeness (QED) is 0.596. The molecule has 1 aromatic carbocycles. The largest absolute Gasteiger partial charge is 0.467 e. The smallest absolute Gasteiger partial charge is 0.319 e. The zero-order valence-electron chi connectivity index (χ0n) is 15.0. The van der Waals surface area contributed by atoms with Gasteiger partial charge < -0.3 is 25.7 Å². The van der Waals surface area contributed by atoms with Gasteiger partial charge in [-0.2, -0.15) is 0 Å². The van der Waals surface area contributed by atoms with Crippen LogP contribution in [0.4, 0.5) is 10.5 Å². The molecule has 8 nitrogen and oxygen atoms in total. The first-order chi connectivity index (χ1) is 13.0. The van der Waals surface area contributed by atoms with Gasteiger partial charge in [-0.25, -0.2) is 4.79 Å². The van der Waals surface area contributed by atoms with Gasteiger partial charge in [-0.1, -0.05) is 6.07 Å². The van der Waals surface area contributed by atoms with Gasteiger partial charge in [0.15, 0.2) is 0 Å². The zero-order valence-corrected chi connectivity index (χ0v) is 15.0. The van der Waals surface area contributed by atoms with Crippen molar-refractivity contribution in [3.63, 3.8) is 0 Å². The molecule has 2 aromatic rings. The van der Waals surface area contributed by atoms with E-state index >= 15 is 0 Å². The van der Waals surface area contributed by atoms with E-state index in [9.17, 15) is 14.4 Å². The Morgan fingerprint density at radius 2 is 1.96 bits per heavy atom. The van der Waals surface area contributed by atoms with Gasteiger partial charge in [-0.15, -0.1) is 0 Å². The van der Waals surface area contributed by atoms with Gasteiger partial charge in [0.2, 0.25) is 5.91 Å². The molecule has 0 bridgehead atoms. The van der Waals surface area contributed by atoms with Crippen molar-refractivity contribution in [1.29, 1.82) is 0 Å². The van der Waals surface area contributed by atoms with E-state index in [0.717, 1.165) is 18.4 Å². The summed E-state index contributed by atoms with van der Waals surface area (Å²) in [6, 6.07) is 8.34. The molecule has 0 spiro atoms. The van der Waals surface area contributed by atoms with Gasteiger partial charge in [-0.3, -0.25) is 9.59 Å². The lowest BCUT2D eigenvalue weighted by atomic mass is 10.1. The van der Waals surface area contributed by atoms with Crippen LogP contribution in [0.2, 0.25) is 0 Å². The third-order valence-electron chi connectivity index (χ3n) is 4.11. The second-order valence-corrected chi connectivity index (χ2v) is 6.44. The van der Waals surface area contributed by atoms with Crippen molar-refractivity contribution in [2.75, 3.05) is 11.9 Å². The highest BCUT2D eigenvalue weighted by Crippen LogP contribution is 2.21. The number of urea groups is 1. The molecule has 0 radical (unpaired) electrons. The molecular formula is C19H22N4O4. The maximum atomic E-state index is 12.1. The van der Waals surface area contributed by atoms with E-state index < -0.39 is 6.03 Å². The minimum Gasteiger partial charge on any atom is -0.467 e. The lowest BCUT2D eigenvalue weighted by Gasteiger charge is -2.12. The van der Waals surface area contributed by atoms with Gasteiger partial charge in [0.05, 0.1) is 19.4 Å². The summed E-state index contributed by atoms with van der Waals surface area (Å²) in [6.45, 7) is 1.91. The molecule has 0 unspecified atom stereocenters. The van der Waals surface area contributed by atoms with Crippen LogP contribution in [0.25, 0.3) is 0 Å². The van der Waals surface area contributed by atoms with E-state index in [2.05, 4.69) is 21.3 Å². The number of furan rings is 1. The van der Waals surface area contributed by atoms with Gasteiger partial charge in [0.25, 0.3) is 5.91 Å². The Hall–Kier alpha value is -3.29. The monoisotopic (exact) mass is 370 g/mol. The van der Waals surface area contributed by atoms with Crippen LogP contribution in [-0.4, -0.2) is 30.4 Å². The molecule has 1 aliphatic rings. The number of anilines is 1. The summed E-state index contributed by atoms with van der Waals surface area (Å²) in [6.07, 6.45) is 3.54. The van der Waals surface area contributed by atoms with Crippen molar-refractivity contribution >= 4 is 23.5 Å². The Morgan fingerprint density at radius 3 is 2.67 bits per heavy atom. The molecule has 4 amide bonds. The van der Waals surface area contributed by atoms with Crippen LogP contribution in [0.3, 0.4) is 0 Å². The third kappa shape index (κ3) is 5.60. The maximum absolute atomic E-state index is 12.1. The van der Waals surface area contributed by atoms with E-state index in [1.807, 2.05) is 6.92 Å². The summed E-state index contributed by atoms with van der Waals surface area (Å²) in [4.78, 5) is 35.9. The van der Waals surface area contributed by atoms with Crippen molar-refractivity contribution in [3.05, 3.63) is 53.5 Å². The molecule has 1 aliphatic carbocycles. The average molecular weight is 370 g/mol. The van der Waals surface area contributed by atoms with Crippen LogP contribution in [0, 0.1) is 6.92 Å². The fraction of sp³-hybridized carbons (Fsp3) is 0.316. The number of rotatable bonds is 7. The third-order valence-corrected chi connectivity index (χ3v) is 4.11. The Morgan fingerprint density at radius 1 is 1.15 bits per heavy atom. The van der Waals surface area contributed by atoms with Gasteiger partial charge in [0.1, 0.15) is 5.76 Å². The van der Waals surface area contributed by atoms with Crippen molar-refractivity contribution in [2.45, 2.75) is 32.4 Å². The molecule has 142 valence electrons. The van der Waals surface area contributed by atoms with Crippen LogP contribution in [-0.2, 0) is 11.3 Å².